The van der Waals surface area contributed by atoms with Crippen LogP contribution in [0.3, 0.4) is 0 Å². The normalized spacial score (nSPS) is 20.2. The van der Waals surface area contributed by atoms with Gasteiger partial charge in [0, 0.05) is 32.6 Å². The van der Waals surface area contributed by atoms with E-state index < -0.39 is 0 Å². The molecule has 2 N–H and O–H groups in total. The number of hydrogen-bond donors (Lipinski definition) is 2. The number of para-hydroxylation sites is 1. The number of carbonyl (C=O) groups is 2. The first-order valence-corrected chi connectivity index (χ1v) is 7.21. The van der Waals surface area contributed by atoms with Crippen molar-refractivity contribution in [2.75, 3.05) is 31.6 Å². The van der Waals surface area contributed by atoms with Crippen LogP contribution < -0.4 is 15.4 Å². The summed E-state index contributed by atoms with van der Waals surface area (Å²) in [6, 6.07) is 5.61. The molecule has 2 heterocycles. The number of likely N-dealkylation sites (tertiary alicyclic amines) is 1. The van der Waals surface area contributed by atoms with Crippen LogP contribution in [0.25, 0.3) is 0 Å². The highest BCUT2D eigenvalue weighted by Gasteiger charge is 2.30. The van der Waals surface area contributed by atoms with Crippen molar-refractivity contribution in [3.8, 4) is 5.75 Å². The summed E-state index contributed by atoms with van der Waals surface area (Å²) < 4.78 is 5.65. The van der Waals surface area contributed by atoms with E-state index >= 15 is 0 Å². The Morgan fingerprint density at radius 1 is 1.43 bits per heavy atom. The Labute approximate surface area is 123 Å². The van der Waals surface area contributed by atoms with Gasteiger partial charge < -0.3 is 20.3 Å². The van der Waals surface area contributed by atoms with Gasteiger partial charge in [0.25, 0.3) is 5.91 Å². The zero-order chi connectivity index (χ0) is 14.8. The number of benzene rings is 1. The maximum atomic E-state index is 12.7. The highest BCUT2D eigenvalue weighted by atomic mass is 16.5. The van der Waals surface area contributed by atoms with Crippen LogP contribution in [0.15, 0.2) is 18.2 Å². The number of carbonyl (C=O) groups excluding carboxylic acids is 2. The predicted molar refractivity (Wildman–Crippen MR) is 78.6 cm³/mol. The SMILES string of the molecule is CC(=O)NC1CCN(C(=O)c2cccc3c2OCCN3)C1. The lowest BCUT2D eigenvalue weighted by Gasteiger charge is -2.23. The molecule has 21 heavy (non-hydrogen) atoms. The lowest BCUT2D eigenvalue weighted by atomic mass is 10.1. The maximum absolute atomic E-state index is 12.7. The summed E-state index contributed by atoms with van der Waals surface area (Å²) in [5, 5.41) is 6.09. The number of nitrogens with zero attached hydrogens (tertiary/aromatic N) is 1. The minimum Gasteiger partial charge on any atom is -0.489 e. The number of nitrogens with one attached hydrogen (secondary N) is 2. The Morgan fingerprint density at radius 3 is 3.10 bits per heavy atom. The summed E-state index contributed by atoms with van der Waals surface area (Å²) in [5.74, 6) is 0.541. The third-order valence-corrected chi connectivity index (χ3v) is 3.79. The van der Waals surface area contributed by atoms with Gasteiger partial charge in [-0.2, -0.15) is 0 Å². The number of fused-ring (bicyclic) bond motifs is 1. The average Bonchev–Trinajstić information content (AvgIpc) is 2.93. The number of amides is 2. The van der Waals surface area contributed by atoms with Crippen molar-refractivity contribution >= 4 is 17.5 Å². The Kier molecular flexibility index (Phi) is 3.68. The number of ether oxygens (including phenoxy) is 1. The Balaban J connectivity index is 1.76. The molecule has 1 aromatic carbocycles. The zero-order valence-corrected chi connectivity index (χ0v) is 12.0. The summed E-state index contributed by atoms with van der Waals surface area (Å²) >= 11 is 0. The van der Waals surface area contributed by atoms with E-state index in [2.05, 4.69) is 10.6 Å². The minimum atomic E-state index is -0.0566. The number of rotatable bonds is 2. The van der Waals surface area contributed by atoms with Crippen molar-refractivity contribution in [1.82, 2.24) is 10.2 Å². The predicted octanol–water partition coefficient (Wildman–Crippen LogP) is 0.841. The molecule has 0 spiro atoms. The summed E-state index contributed by atoms with van der Waals surface area (Å²) in [7, 11) is 0. The fraction of sp³-hybridized carbons (Fsp3) is 0.467. The second kappa shape index (κ2) is 5.63. The summed E-state index contributed by atoms with van der Waals surface area (Å²) in [6.07, 6.45) is 0.791. The van der Waals surface area contributed by atoms with Gasteiger partial charge in [0.15, 0.2) is 5.75 Å². The fourth-order valence-electron chi connectivity index (χ4n) is 2.86. The van der Waals surface area contributed by atoms with Gasteiger partial charge >= 0.3 is 0 Å². The molecular weight excluding hydrogens is 270 g/mol. The molecule has 0 aromatic heterocycles. The first-order valence-electron chi connectivity index (χ1n) is 7.21. The van der Waals surface area contributed by atoms with Gasteiger partial charge in [-0.15, -0.1) is 0 Å². The van der Waals surface area contributed by atoms with E-state index in [-0.39, 0.29) is 17.9 Å². The largest absolute Gasteiger partial charge is 0.489 e. The Morgan fingerprint density at radius 2 is 2.29 bits per heavy atom. The third kappa shape index (κ3) is 2.79. The van der Waals surface area contributed by atoms with Crippen LogP contribution in [-0.4, -0.2) is 49.0 Å². The highest BCUT2D eigenvalue weighted by molar-refractivity contribution is 5.99. The summed E-state index contributed by atoms with van der Waals surface area (Å²) in [4.78, 5) is 25.5. The molecule has 1 unspecified atom stereocenters. The summed E-state index contributed by atoms with van der Waals surface area (Å²) in [6.45, 7) is 4.01. The van der Waals surface area contributed by atoms with Crippen molar-refractivity contribution in [2.24, 2.45) is 0 Å². The molecule has 2 amide bonds. The summed E-state index contributed by atoms with van der Waals surface area (Å²) in [5.41, 5.74) is 1.45. The quantitative estimate of drug-likeness (QED) is 0.846. The van der Waals surface area contributed by atoms with Gasteiger partial charge in [-0.3, -0.25) is 9.59 Å². The maximum Gasteiger partial charge on any atom is 0.257 e. The zero-order valence-electron chi connectivity index (χ0n) is 12.0. The molecule has 112 valence electrons. The fourth-order valence-corrected chi connectivity index (χ4v) is 2.86. The van der Waals surface area contributed by atoms with Gasteiger partial charge in [0.05, 0.1) is 11.3 Å². The molecule has 3 rings (SSSR count). The van der Waals surface area contributed by atoms with Crippen LogP contribution in [0.1, 0.15) is 23.7 Å². The second-order valence-corrected chi connectivity index (χ2v) is 5.39. The standard InChI is InChI=1S/C15H19N3O3/c1-10(19)17-11-5-7-18(9-11)15(20)12-3-2-4-13-14(12)21-8-6-16-13/h2-4,11,16H,5-9H2,1H3,(H,17,19). The van der Waals surface area contributed by atoms with Crippen LogP contribution in [-0.2, 0) is 4.79 Å². The molecule has 0 radical (unpaired) electrons. The molecule has 1 fully saturated rings. The number of hydrogen-bond acceptors (Lipinski definition) is 4. The molecule has 1 saturated heterocycles. The molecule has 0 aliphatic carbocycles. The molecule has 0 saturated carbocycles. The topological polar surface area (TPSA) is 70.7 Å². The van der Waals surface area contributed by atoms with Gasteiger partial charge in [-0.25, -0.2) is 0 Å². The lowest BCUT2D eigenvalue weighted by Crippen LogP contribution is -2.37. The van der Waals surface area contributed by atoms with E-state index in [0.29, 0.717) is 31.0 Å². The van der Waals surface area contributed by atoms with E-state index in [4.69, 9.17) is 4.74 Å². The first kappa shape index (κ1) is 13.7. The molecule has 1 atom stereocenters. The van der Waals surface area contributed by atoms with Crippen LogP contribution in [0, 0.1) is 0 Å². The van der Waals surface area contributed by atoms with Crippen LogP contribution in [0.4, 0.5) is 5.69 Å². The van der Waals surface area contributed by atoms with Crippen molar-refractivity contribution in [2.45, 2.75) is 19.4 Å². The van der Waals surface area contributed by atoms with Crippen LogP contribution in [0.5, 0.6) is 5.75 Å². The Hall–Kier alpha value is -2.24. The second-order valence-electron chi connectivity index (χ2n) is 5.39. The first-order chi connectivity index (χ1) is 10.1. The highest BCUT2D eigenvalue weighted by Crippen LogP contribution is 2.32. The third-order valence-electron chi connectivity index (χ3n) is 3.79. The average molecular weight is 289 g/mol. The van der Waals surface area contributed by atoms with Gasteiger partial charge in [-0.1, -0.05) is 6.07 Å². The van der Waals surface area contributed by atoms with Crippen molar-refractivity contribution in [1.29, 1.82) is 0 Å². The monoisotopic (exact) mass is 289 g/mol. The van der Waals surface area contributed by atoms with E-state index in [0.717, 1.165) is 18.7 Å². The molecule has 6 heteroatoms. The minimum absolute atomic E-state index is 0.0385. The van der Waals surface area contributed by atoms with E-state index in [1.165, 1.54) is 6.92 Å². The Bertz CT molecular complexity index is 573. The van der Waals surface area contributed by atoms with Crippen molar-refractivity contribution in [3.63, 3.8) is 0 Å². The van der Waals surface area contributed by atoms with Crippen molar-refractivity contribution < 1.29 is 14.3 Å². The smallest absolute Gasteiger partial charge is 0.257 e. The molecular formula is C15H19N3O3. The van der Waals surface area contributed by atoms with E-state index in [9.17, 15) is 9.59 Å². The van der Waals surface area contributed by atoms with Crippen LogP contribution >= 0.6 is 0 Å². The molecule has 6 nitrogen and oxygen atoms in total. The van der Waals surface area contributed by atoms with Crippen LogP contribution in [0.2, 0.25) is 0 Å². The van der Waals surface area contributed by atoms with Gasteiger partial charge in [-0.05, 0) is 18.6 Å². The van der Waals surface area contributed by atoms with Gasteiger partial charge in [0.1, 0.15) is 6.61 Å². The van der Waals surface area contributed by atoms with E-state index in [1.54, 1.807) is 11.0 Å². The molecule has 2 aliphatic rings. The van der Waals surface area contributed by atoms with E-state index in [1.807, 2.05) is 12.1 Å². The number of anilines is 1. The lowest BCUT2D eigenvalue weighted by molar-refractivity contribution is -0.119. The van der Waals surface area contributed by atoms with Gasteiger partial charge in [0.2, 0.25) is 5.91 Å². The molecule has 0 bridgehead atoms. The molecule has 2 aliphatic heterocycles. The van der Waals surface area contributed by atoms with Crippen molar-refractivity contribution in [3.05, 3.63) is 23.8 Å². The molecule has 1 aromatic rings.